The molecule has 4 N–H and O–H groups in total. The highest BCUT2D eigenvalue weighted by Gasteiger charge is 2.17. The highest BCUT2D eigenvalue weighted by molar-refractivity contribution is 6.13. The number of anilines is 2. The molecule has 0 unspecified atom stereocenters. The number of nitriles is 1. The number of amides is 1. The predicted molar refractivity (Wildman–Crippen MR) is 99.7 cm³/mol. The zero-order valence-electron chi connectivity index (χ0n) is 14.7. The number of nitrogen functional groups attached to an aromatic ring is 1. The summed E-state index contributed by atoms with van der Waals surface area (Å²) in [7, 11) is 0. The van der Waals surface area contributed by atoms with Crippen LogP contribution >= 0.6 is 0 Å². The SMILES string of the molecule is Cc1c(C#N)cnc(C(=O)Nc2ccc(N)c(C(=N)c3cnco3)c2)c1C. The van der Waals surface area contributed by atoms with Crippen molar-refractivity contribution in [1.29, 1.82) is 10.7 Å². The Morgan fingerprint density at radius 1 is 1.30 bits per heavy atom. The van der Waals surface area contributed by atoms with Gasteiger partial charge in [0.15, 0.2) is 12.2 Å². The second-order valence-electron chi connectivity index (χ2n) is 5.88. The van der Waals surface area contributed by atoms with Gasteiger partial charge in [0, 0.05) is 23.1 Å². The van der Waals surface area contributed by atoms with E-state index in [1.807, 2.05) is 6.07 Å². The third-order valence-electron chi connectivity index (χ3n) is 4.24. The van der Waals surface area contributed by atoms with E-state index in [2.05, 4.69) is 15.3 Å². The number of aromatic nitrogens is 2. The molecule has 0 saturated heterocycles. The van der Waals surface area contributed by atoms with E-state index in [4.69, 9.17) is 20.8 Å². The molecular formula is C19H16N6O2. The monoisotopic (exact) mass is 360 g/mol. The molecule has 3 aromatic rings. The average Bonchev–Trinajstić information content (AvgIpc) is 3.19. The van der Waals surface area contributed by atoms with E-state index < -0.39 is 5.91 Å². The summed E-state index contributed by atoms with van der Waals surface area (Å²) in [6.45, 7) is 3.51. The molecule has 0 bridgehead atoms. The molecule has 0 aliphatic carbocycles. The Bertz CT molecular complexity index is 1080. The summed E-state index contributed by atoms with van der Waals surface area (Å²) >= 11 is 0. The molecular weight excluding hydrogens is 344 g/mol. The van der Waals surface area contributed by atoms with E-state index in [-0.39, 0.29) is 17.2 Å². The third kappa shape index (κ3) is 3.39. The maximum atomic E-state index is 12.6. The Hall–Kier alpha value is -3.99. The Morgan fingerprint density at radius 3 is 2.74 bits per heavy atom. The number of nitrogens with one attached hydrogen (secondary N) is 2. The molecule has 0 radical (unpaired) electrons. The minimum Gasteiger partial charge on any atom is -0.442 e. The quantitative estimate of drug-likeness (QED) is 0.482. The van der Waals surface area contributed by atoms with Gasteiger partial charge < -0.3 is 15.5 Å². The van der Waals surface area contributed by atoms with Gasteiger partial charge in [0.25, 0.3) is 5.91 Å². The summed E-state index contributed by atoms with van der Waals surface area (Å²) in [4.78, 5) is 20.5. The summed E-state index contributed by atoms with van der Waals surface area (Å²) < 4.78 is 5.13. The zero-order valence-corrected chi connectivity index (χ0v) is 14.7. The fourth-order valence-electron chi connectivity index (χ4n) is 2.56. The first-order chi connectivity index (χ1) is 12.9. The van der Waals surface area contributed by atoms with Gasteiger partial charge in [0.05, 0.1) is 11.8 Å². The number of hydrogen-bond donors (Lipinski definition) is 3. The van der Waals surface area contributed by atoms with Crippen LogP contribution in [0.5, 0.6) is 0 Å². The van der Waals surface area contributed by atoms with E-state index >= 15 is 0 Å². The van der Waals surface area contributed by atoms with Crippen molar-refractivity contribution in [1.82, 2.24) is 9.97 Å². The van der Waals surface area contributed by atoms with E-state index in [0.29, 0.717) is 33.6 Å². The molecule has 8 nitrogen and oxygen atoms in total. The number of benzene rings is 1. The third-order valence-corrected chi connectivity index (χ3v) is 4.24. The van der Waals surface area contributed by atoms with Crippen LogP contribution in [-0.2, 0) is 0 Å². The van der Waals surface area contributed by atoms with Crippen LogP contribution in [0, 0.1) is 30.6 Å². The van der Waals surface area contributed by atoms with Gasteiger partial charge in [-0.05, 0) is 43.2 Å². The lowest BCUT2D eigenvalue weighted by molar-refractivity contribution is 0.102. The van der Waals surface area contributed by atoms with Gasteiger partial charge in [-0.1, -0.05) is 0 Å². The maximum absolute atomic E-state index is 12.6. The minimum absolute atomic E-state index is 0.0598. The first-order valence-electron chi connectivity index (χ1n) is 7.97. The molecule has 3 rings (SSSR count). The molecule has 0 spiro atoms. The number of pyridine rings is 1. The Morgan fingerprint density at radius 2 is 2.07 bits per heavy atom. The fraction of sp³-hybridized carbons (Fsp3) is 0.105. The van der Waals surface area contributed by atoms with Gasteiger partial charge in [-0.25, -0.2) is 9.97 Å². The Labute approximate surface area is 155 Å². The van der Waals surface area contributed by atoms with Crippen LogP contribution in [-0.4, -0.2) is 21.6 Å². The fourth-order valence-corrected chi connectivity index (χ4v) is 2.56. The lowest BCUT2D eigenvalue weighted by Crippen LogP contribution is -2.17. The largest absolute Gasteiger partial charge is 0.442 e. The maximum Gasteiger partial charge on any atom is 0.274 e. The van der Waals surface area contributed by atoms with Crippen LogP contribution in [0.15, 0.2) is 41.4 Å². The molecule has 134 valence electrons. The zero-order chi connectivity index (χ0) is 19.6. The number of carbonyl (C=O) groups excluding carboxylic acids is 1. The number of nitrogens with two attached hydrogens (primary N) is 1. The molecule has 2 aromatic heterocycles. The predicted octanol–water partition coefficient (Wildman–Crippen LogP) is 2.81. The van der Waals surface area contributed by atoms with Crippen LogP contribution in [0.2, 0.25) is 0 Å². The first kappa shape index (κ1) is 17.8. The highest BCUT2D eigenvalue weighted by Crippen LogP contribution is 2.22. The van der Waals surface area contributed by atoms with Gasteiger partial charge in [0.2, 0.25) is 0 Å². The second kappa shape index (κ2) is 7.09. The lowest BCUT2D eigenvalue weighted by atomic mass is 10.0. The first-order valence-corrected chi connectivity index (χ1v) is 7.97. The van der Waals surface area contributed by atoms with Crippen LogP contribution < -0.4 is 11.1 Å². The summed E-state index contributed by atoms with van der Waals surface area (Å²) in [5, 5.41) is 20.0. The minimum atomic E-state index is -0.415. The molecule has 1 aromatic carbocycles. The van der Waals surface area contributed by atoms with Crippen molar-refractivity contribution in [2.24, 2.45) is 0 Å². The molecule has 1 amide bonds. The van der Waals surface area contributed by atoms with E-state index in [0.717, 1.165) is 0 Å². The normalized spacial score (nSPS) is 10.3. The second-order valence-corrected chi connectivity index (χ2v) is 5.88. The van der Waals surface area contributed by atoms with Crippen LogP contribution in [0.25, 0.3) is 0 Å². The molecule has 0 aliphatic heterocycles. The molecule has 27 heavy (non-hydrogen) atoms. The highest BCUT2D eigenvalue weighted by atomic mass is 16.3. The lowest BCUT2D eigenvalue weighted by Gasteiger charge is -2.12. The van der Waals surface area contributed by atoms with Gasteiger partial charge in [-0.2, -0.15) is 5.26 Å². The number of rotatable bonds is 4. The van der Waals surface area contributed by atoms with E-state index in [9.17, 15) is 4.79 Å². The van der Waals surface area contributed by atoms with Crippen molar-refractivity contribution in [2.75, 3.05) is 11.1 Å². The summed E-state index contributed by atoms with van der Waals surface area (Å²) in [6.07, 6.45) is 4.03. The van der Waals surface area contributed by atoms with Gasteiger partial charge >= 0.3 is 0 Å². The molecule has 0 aliphatic rings. The molecule has 0 atom stereocenters. The average molecular weight is 360 g/mol. The standard InChI is InChI=1S/C19H16N6O2/c1-10-11(2)18(24-7-12(10)6-20)19(26)25-13-3-4-15(21)14(5-13)17(22)16-8-23-9-27-16/h3-5,7-9,22H,21H2,1-2H3,(H,25,26). The van der Waals surface area contributed by atoms with E-state index in [1.54, 1.807) is 32.0 Å². The van der Waals surface area contributed by atoms with Crippen molar-refractivity contribution in [3.63, 3.8) is 0 Å². The Balaban J connectivity index is 1.90. The van der Waals surface area contributed by atoms with Crippen molar-refractivity contribution >= 4 is 23.0 Å². The van der Waals surface area contributed by atoms with Crippen molar-refractivity contribution in [2.45, 2.75) is 13.8 Å². The van der Waals surface area contributed by atoms with Crippen LogP contribution in [0.1, 0.15) is 38.5 Å². The van der Waals surface area contributed by atoms with Gasteiger partial charge in [-0.3, -0.25) is 10.2 Å². The van der Waals surface area contributed by atoms with Gasteiger partial charge in [-0.15, -0.1) is 0 Å². The van der Waals surface area contributed by atoms with Crippen LogP contribution in [0.4, 0.5) is 11.4 Å². The number of carbonyl (C=O) groups is 1. The number of oxazole rings is 1. The number of nitrogens with zero attached hydrogens (tertiary/aromatic N) is 3. The molecule has 0 fully saturated rings. The Kier molecular flexibility index (Phi) is 4.68. The molecule has 8 heteroatoms. The van der Waals surface area contributed by atoms with E-state index in [1.165, 1.54) is 18.8 Å². The smallest absolute Gasteiger partial charge is 0.274 e. The molecule has 2 heterocycles. The van der Waals surface area contributed by atoms with Gasteiger partial charge in [0.1, 0.15) is 17.5 Å². The summed E-state index contributed by atoms with van der Waals surface area (Å²) in [6, 6.07) is 6.87. The number of hydrogen-bond acceptors (Lipinski definition) is 7. The summed E-state index contributed by atoms with van der Waals surface area (Å²) in [5.41, 5.74) is 9.26. The van der Waals surface area contributed by atoms with Crippen molar-refractivity contribution < 1.29 is 9.21 Å². The topological polar surface area (TPSA) is 142 Å². The van der Waals surface area contributed by atoms with Crippen molar-refractivity contribution in [3.05, 3.63) is 70.7 Å². The van der Waals surface area contributed by atoms with Crippen molar-refractivity contribution in [3.8, 4) is 6.07 Å². The molecule has 0 saturated carbocycles. The van der Waals surface area contributed by atoms with Crippen LogP contribution in [0.3, 0.4) is 0 Å². The summed E-state index contributed by atoms with van der Waals surface area (Å²) in [5.74, 6) is -0.146.